The number of fused-ring (bicyclic) bond motifs is 2. The molecule has 2 aromatic heterocycles. The summed E-state index contributed by atoms with van der Waals surface area (Å²) in [5, 5.41) is 13.5. The van der Waals surface area contributed by atoms with Gasteiger partial charge >= 0.3 is 17.7 Å². The van der Waals surface area contributed by atoms with E-state index in [9.17, 15) is 19.5 Å². The Balaban J connectivity index is 1.95. The molecule has 0 aliphatic carbocycles. The molecule has 2 amide bonds. The van der Waals surface area contributed by atoms with Gasteiger partial charge in [0.05, 0.1) is 17.6 Å². The molecule has 2 aromatic carbocycles. The fraction of sp³-hybridized carbons (Fsp3) is 0.320. The second-order valence-corrected chi connectivity index (χ2v) is 8.66. The number of hydrogen-bond donors (Lipinski definition) is 3. The molecule has 4 N–H and O–H groups in total. The smallest absolute Gasteiger partial charge is 0.330 e. The molecule has 1 unspecified atom stereocenters. The molecule has 0 bridgehead atoms. The van der Waals surface area contributed by atoms with E-state index in [-0.39, 0.29) is 6.54 Å². The number of hydrogen-bond acceptors (Lipinski definition) is 3. The van der Waals surface area contributed by atoms with Crippen molar-refractivity contribution >= 4 is 39.6 Å². The zero-order valence-electron chi connectivity index (χ0n) is 19.5. The highest BCUT2D eigenvalue weighted by Crippen LogP contribution is 2.28. The van der Waals surface area contributed by atoms with Gasteiger partial charge in [0.2, 0.25) is 0 Å². The standard InChI is InChI=1S/C25H29N5O4/c1-4-5-8-20(23(31)32)30-18-11-10-17(27-24(26)33)12-21(18)29(25(30)34)14-16-13-28(3)19-9-6-7-15(2)22(16)19/h6-7,9-13,20H,4-5,8,14H2,1-3H3,(H,31,32)(H3,26,27,33). The number of carboxylic acid groups (broad SMARTS) is 1. The van der Waals surface area contributed by atoms with E-state index in [1.807, 2.05) is 49.9 Å². The third-order valence-corrected chi connectivity index (χ3v) is 6.29. The Bertz CT molecular complexity index is 1460. The van der Waals surface area contributed by atoms with E-state index in [0.29, 0.717) is 29.6 Å². The summed E-state index contributed by atoms with van der Waals surface area (Å²) in [7, 11) is 1.96. The van der Waals surface area contributed by atoms with Gasteiger partial charge in [0.25, 0.3) is 0 Å². The summed E-state index contributed by atoms with van der Waals surface area (Å²) in [6.45, 7) is 4.26. The first kappa shape index (κ1) is 23.2. The van der Waals surface area contributed by atoms with Gasteiger partial charge in [-0.2, -0.15) is 0 Å². The van der Waals surface area contributed by atoms with Crippen LogP contribution in [0.1, 0.15) is 43.4 Å². The lowest BCUT2D eigenvalue weighted by Gasteiger charge is -2.14. The number of rotatable bonds is 8. The lowest BCUT2D eigenvalue weighted by atomic mass is 10.1. The van der Waals surface area contributed by atoms with Crippen LogP contribution in [0.15, 0.2) is 47.4 Å². The van der Waals surface area contributed by atoms with Crippen LogP contribution >= 0.6 is 0 Å². The average Bonchev–Trinajstić information content (AvgIpc) is 3.23. The number of nitrogens with zero attached hydrogens (tertiary/aromatic N) is 3. The van der Waals surface area contributed by atoms with Crippen LogP contribution in [-0.4, -0.2) is 30.8 Å². The lowest BCUT2D eigenvalue weighted by Crippen LogP contribution is -2.31. The van der Waals surface area contributed by atoms with Crippen molar-refractivity contribution in [1.82, 2.24) is 13.7 Å². The quantitative estimate of drug-likeness (QED) is 0.366. The van der Waals surface area contributed by atoms with Gasteiger partial charge in [-0.1, -0.05) is 31.9 Å². The van der Waals surface area contributed by atoms with Crippen LogP contribution in [-0.2, 0) is 18.4 Å². The molecule has 1 atom stereocenters. The van der Waals surface area contributed by atoms with Gasteiger partial charge in [-0.05, 0) is 48.7 Å². The number of primary amides is 1. The molecule has 0 saturated carbocycles. The van der Waals surface area contributed by atoms with Crippen LogP contribution in [0.3, 0.4) is 0 Å². The van der Waals surface area contributed by atoms with Crippen molar-refractivity contribution in [3.8, 4) is 0 Å². The Labute approximate surface area is 196 Å². The maximum Gasteiger partial charge on any atom is 0.330 e. The molecule has 178 valence electrons. The number of aliphatic carboxylic acids is 1. The number of benzene rings is 2. The molecule has 0 spiro atoms. The summed E-state index contributed by atoms with van der Waals surface area (Å²) in [5.74, 6) is -1.05. The predicted molar refractivity (Wildman–Crippen MR) is 132 cm³/mol. The Morgan fingerprint density at radius 2 is 1.91 bits per heavy atom. The second kappa shape index (κ2) is 9.09. The SMILES string of the molecule is CCCCC(C(=O)O)n1c(=O)n(Cc2cn(C)c3cccc(C)c23)c2cc(NC(N)=O)ccc21. The number of urea groups is 1. The number of anilines is 1. The Hall–Kier alpha value is -4.01. The van der Waals surface area contributed by atoms with Crippen molar-refractivity contribution in [3.05, 3.63) is 64.2 Å². The van der Waals surface area contributed by atoms with Crippen LogP contribution in [0.5, 0.6) is 0 Å². The van der Waals surface area contributed by atoms with Crippen molar-refractivity contribution in [3.63, 3.8) is 0 Å². The number of aromatic nitrogens is 3. The first-order valence-corrected chi connectivity index (χ1v) is 11.3. The highest BCUT2D eigenvalue weighted by atomic mass is 16.4. The van der Waals surface area contributed by atoms with Crippen molar-refractivity contribution in [2.75, 3.05) is 5.32 Å². The average molecular weight is 464 g/mol. The van der Waals surface area contributed by atoms with Crippen LogP contribution in [0.25, 0.3) is 21.9 Å². The normalized spacial score (nSPS) is 12.3. The number of imidazole rings is 1. The summed E-state index contributed by atoms with van der Waals surface area (Å²) in [6, 6.07) is 9.28. The largest absolute Gasteiger partial charge is 0.480 e. The molecular formula is C25H29N5O4. The maximum atomic E-state index is 13.7. The Morgan fingerprint density at radius 3 is 2.59 bits per heavy atom. The van der Waals surface area contributed by atoms with Crippen LogP contribution < -0.4 is 16.7 Å². The van der Waals surface area contributed by atoms with E-state index in [1.165, 1.54) is 4.57 Å². The van der Waals surface area contributed by atoms with E-state index in [0.717, 1.165) is 28.5 Å². The molecule has 0 fully saturated rings. The maximum absolute atomic E-state index is 13.7. The van der Waals surface area contributed by atoms with E-state index in [4.69, 9.17) is 5.73 Å². The number of aryl methyl sites for hydroxylation is 2. The molecule has 9 nitrogen and oxygen atoms in total. The molecule has 0 radical (unpaired) electrons. The summed E-state index contributed by atoms with van der Waals surface area (Å²) in [4.78, 5) is 37.3. The van der Waals surface area contributed by atoms with E-state index >= 15 is 0 Å². The van der Waals surface area contributed by atoms with Crippen LogP contribution in [0.2, 0.25) is 0 Å². The third kappa shape index (κ3) is 4.05. The van der Waals surface area contributed by atoms with Gasteiger partial charge in [0.15, 0.2) is 0 Å². The number of nitrogens with two attached hydrogens (primary N) is 1. The van der Waals surface area contributed by atoms with E-state index in [1.54, 1.807) is 22.8 Å². The summed E-state index contributed by atoms with van der Waals surface area (Å²) >= 11 is 0. The first-order valence-electron chi connectivity index (χ1n) is 11.3. The van der Waals surface area contributed by atoms with Crippen molar-refractivity contribution in [1.29, 1.82) is 0 Å². The Morgan fingerprint density at radius 1 is 1.15 bits per heavy atom. The highest BCUT2D eigenvalue weighted by Gasteiger charge is 2.26. The third-order valence-electron chi connectivity index (χ3n) is 6.29. The van der Waals surface area contributed by atoms with E-state index < -0.39 is 23.7 Å². The number of unbranched alkanes of at least 4 members (excludes halogenated alkanes) is 1. The zero-order valence-corrected chi connectivity index (χ0v) is 19.5. The van der Waals surface area contributed by atoms with Gasteiger partial charge in [-0.15, -0.1) is 0 Å². The lowest BCUT2D eigenvalue weighted by molar-refractivity contribution is -0.141. The van der Waals surface area contributed by atoms with Gasteiger partial charge < -0.3 is 20.7 Å². The topological polar surface area (TPSA) is 124 Å². The van der Waals surface area contributed by atoms with Gasteiger partial charge in [0, 0.05) is 29.8 Å². The predicted octanol–water partition coefficient (Wildman–Crippen LogP) is 3.96. The monoisotopic (exact) mass is 463 g/mol. The number of carbonyl (C=O) groups excluding carboxylic acids is 1. The van der Waals surface area contributed by atoms with Crippen molar-refractivity contribution in [2.45, 2.75) is 45.7 Å². The fourth-order valence-corrected chi connectivity index (χ4v) is 4.74. The molecular weight excluding hydrogens is 434 g/mol. The number of amides is 2. The zero-order chi connectivity index (χ0) is 24.6. The molecule has 0 aliphatic rings. The molecule has 9 heteroatoms. The molecule has 0 aliphatic heterocycles. The van der Waals surface area contributed by atoms with Crippen LogP contribution in [0.4, 0.5) is 10.5 Å². The minimum Gasteiger partial charge on any atom is -0.480 e. The van der Waals surface area contributed by atoms with Gasteiger partial charge in [-0.3, -0.25) is 9.13 Å². The summed E-state index contributed by atoms with van der Waals surface area (Å²) in [6.07, 6.45) is 3.84. The van der Waals surface area contributed by atoms with Gasteiger partial charge in [0.1, 0.15) is 6.04 Å². The minimum atomic E-state index is -1.05. The van der Waals surface area contributed by atoms with E-state index in [2.05, 4.69) is 5.32 Å². The van der Waals surface area contributed by atoms with Crippen molar-refractivity contribution < 1.29 is 14.7 Å². The second-order valence-electron chi connectivity index (χ2n) is 8.66. The van der Waals surface area contributed by atoms with Crippen molar-refractivity contribution in [2.24, 2.45) is 12.8 Å². The number of carbonyl (C=O) groups is 2. The first-order chi connectivity index (χ1) is 16.2. The summed E-state index contributed by atoms with van der Waals surface area (Å²) in [5.41, 5.74) is 9.44. The minimum absolute atomic E-state index is 0.255. The summed E-state index contributed by atoms with van der Waals surface area (Å²) < 4.78 is 4.95. The Kier molecular flexibility index (Phi) is 6.19. The number of nitrogens with one attached hydrogen (secondary N) is 1. The molecule has 0 saturated heterocycles. The molecule has 4 aromatic rings. The van der Waals surface area contributed by atoms with Gasteiger partial charge in [-0.25, -0.2) is 14.4 Å². The molecule has 34 heavy (non-hydrogen) atoms. The van der Waals surface area contributed by atoms with Crippen LogP contribution in [0, 0.1) is 6.92 Å². The highest BCUT2D eigenvalue weighted by molar-refractivity contribution is 5.92. The number of carboxylic acids is 1. The molecule has 4 rings (SSSR count). The fourth-order valence-electron chi connectivity index (χ4n) is 4.74. The molecule has 2 heterocycles.